The maximum absolute atomic E-state index is 13.2. The number of carbonyl (C=O) groups excluding carboxylic acids is 3. The summed E-state index contributed by atoms with van der Waals surface area (Å²) in [5.74, 6) is -3.32. The monoisotopic (exact) mass is 452 g/mol. The number of methoxy groups -OCH3 is 1. The lowest BCUT2D eigenvalue weighted by molar-refractivity contribution is -0.146. The number of rotatable bonds is 5. The smallest absolute Gasteiger partial charge is 0.356 e. The molecule has 0 spiro atoms. The predicted octanol–water partition coefficient (Wildman–Crippen LogP) is 1.24. The number of fused-ring (bicyclic) bond motifs is 1. The lowest BCUT2D eigenvalue weighted by Gasteiger charge is -2.39. The number of nitrogens with one attached hydrogen (secondary N) is 1. The van der Waals surface area contributed by atoms with E-state index < -0.39 is 23.6 Å². The van der Waals surface area contributed by atoms with Crippen LogP contribution in [0.4, 0.5) is 5.69 Å². The van der Waals surface area contributed by atoms with E-state index in [4.69, 9.17) is 4.74 Å². The summed E-state index contributed by atoms with van der Waals surface area (Å²) in [4.78, 5) is 57.6. The fourth-order valence-electron chi connectivity index (χ4n) is 4.38. The van der Waals surface area contributed by atoms with Crippen LogP contribution in [0.15, 0.2) is 36.5 Å². The second-order valence-electron chi connectivity index (χ2n) is 8.03. The molecular weight excluding hydrogens is 428 g/mol. The summed E-state index contributed by atoms with van der Waals surface area (Å²) in [6.07, 6.45) is 1.25. The van der Waals surface area contributed by atoms with Crippen LogP contribution >= 0.6 is 0 Å². The molecule has 3 heterocycles. The first-order valence-electron chi connectivity index (χ1n) is 10.6. The Bertz CT molecular complexity index is 1120. The van der Waals surface area contributed by atoms with Crippen molar-refractivity contribution < 1.29 is 29.0 Å². The molecule has 1 saturated heterocycles. The number of benzene rings is 1. The van der Waals surface area contributed by atoms with Gasteiger partial charge in [0.05, 0.1) is 24.9 Å². The summed E-state index contributed by atoms with van der Waals surface area (Å²) < 4.78 is 5.28. The number of aromatic nitrogens is 1. The van der Waals surface area contributed by atoms with E-state index in [9.17, 15) is 24.3 Å². The number of carbonyl (C=O) groups is 4. The molecule has 0 saturated carbocycles. The van der Waals surface area contributed by atoms with E-state index in [2.05, 4.69) is 10.3 Å². The van der Waals surface area contributed by atoms with Crippen LogP contribution in [-0.2, 0) is 9.59 Å². The van der Waals surface area contributed by atoms with E-state index in [1.807, 2.05) is 13.0 Å². The number of carboxylic acids is 1. The third-order valence-corrected chi connectivity index (χ3v) is 6.06. The summed E-state index contributed by atoms with van der Waals surface area (Å²) in [5.41, 5.74) is 0.868. The molecule has 1 aromatic carbocycles. The van der Waals surface area contributed by atoms with Crippen molar-refractivity contribution in [2.24, 2.45) is 0 Å². The van der Waals surface area contributed by atoms with Crippen LogP contribution in [0.2, 0.25) is 0 Å². The van der Waals surface area contributed by atoms with Crippen molar-refractivity contribution in [2.45, 2.75) is 18.9 Å². The van der Waals surface area contributed by atoms with Gasteiger partial charge in [-0.3, -0.25) is 14.4 Å². The lowest BCUT2D eigenvalue weighted by atomic mass is 9.94. The molecule has 10 nitrogen and oxygen atoms in total. The first-order valence-corrected chi connectivity index (χ1v) is 10.6. The minimum Gasteiger partial charge on any atom is -0.495 e. The van der Waals surface area contributed by atoms with Crippen molar-refractivity contribution in [3.8, 4) is 5.75 Å². The third kappa shape index (κ3) is 3.99. The molecule has 0 bridgehead atoms. The molecule has 1 fully saturated rings. The highest BCUT2D eigenvalue weighted by atomic mass is 16.5. The zero-order valence-electron chi connectivity index (χ0n) is 18.3. The van der Waals surface area contributed by atoms with E-state index >= 15 is 0 Å². The second kappa shape index (κ2) is 8.89. The normalized spacial score (nSPS) is 19.5. The summed E-state index contributed by atoms with van der Waals surface area (Å²) in [5, 5.41) is 12.3. The maximum Gasteiger partial charge on any atom is 0.356 e. The number of Topliss-reactive ketones (excluding diaryl/α,β-unsaturated/α-hetero) is 1. The number of ether oxygens (including phenoxy) is 1. The molecule has 4 rings (SSSR count). The summed E-state index contributed by atoms with van der Waals surface area (Å²) in [7, 11) is 1.39. The number of hydrogen-bond acceptors (Lipinski definition) is 7. The van der Waals surface area contributed by atoms with Gasteiger partial charge in [-0.05, 0) is 19.1 Å². The highest BCUT2D eigenvalue weighted by Gasteiger charge is 2.41. The molecule has 2 unspecified atom stereocenters. The van der Waals surface area contributed by atoms with Crippen molar-refractivity contribution in [2.75, 3.05) is 38.6 Å². The van der Waals surface area contributed by atoms with Crippen LogP contribution in [0.1, 0.15) is 39.3 Å². The Morgan fingerprint density at radius 2 is 1.88 bits per heavy atom. The van der Waals surface area contributed by atoms with Crippen LogP contribution in [0.3, 0.4) is 0 Å². The van der Waals surface area contributed by atoms with E-state index in [0.717, 1.165) is 0 Å². The van der Waals surface area contributed by atoms with Gasteiger partial charge >= 0.3 is 5.97 Å². The van der Waals surface area contributed by atoms with Gasteiger partial charge in [-0.15, -0.1) is 0 Å². The van der Waals surface area contributed by atoms with Gasteiger partial charge < -0.3 is 25.0 Å². The SMILES string of the molecule is COc1cnc(C(=O)O)c2c1C(C(=O)C(=O)N1CCN(C(=O)c3ccccc3)C(C)C1)CN2. The number of hydrogen-bond donors (Lipinski definition) is 2. The zero-order chi connectivity index (χ0) is 23.7. The van der Waals surface area contributed by atoms with Crippen molar-refractivity contribution in [3.05, 3.63) is 53.3 Å². The van der Waals surface area contributed by atoms with Crippen molar-refractivity contribution >= 4 is 29.3 Å². The molecule has 0 aliphatic carbocycles. The quantitative estimate of drug-likeness (QED) is 0.649. The number of amides is 2. The van der Waals surface area contributed by atoms with Crippen LogP contribution in [-0.4, -0.2) is 82.8 Å². The molecule has 2 N–H and O–H groups in total. The van der Waals surface area contributed by atoms with Gasteiger partial charge in [-0.25, -0.2) is 9.78 Å². The van der Waals surface area contributed by atoms with E-state index in [-0.39, 0.29) is 48.7 Å². The molecule has 2 aliphatic rings. The Kier molecular flexibility index (Phi) is 5.99. The van der Waals surface area contributed by atoms with Crippen LogP contribution in [0, 0.1) is 0 Å². The van der Waals surface area contributed by atoms with Gasteiger partial charge in [0.1, 0.15) is 5.75 Å². The largest absolute Gasteiger partial charge is 0.495 e. The first kappa shape index (κ1) is 22.3. The summed E-state index contributed by atoms with van der Waals surface area (Å²) in [6, 6.07) is 8.65. The number of pyridine rings is 1. The highest BCUT2D eigenvalue weighted by molar-refractivity contribution is 6.38. The average molecular weight is 452 g/mol. The van der Waals surface area contributed by atoms with Gasteiger partial charge in [0.15, 0.2) is 5.69 Å². The topological polar surface area (TPSA) is 129 Å². The minimum absolute atomic E-state index is 0.0737. The lowest BCUT2D eigenvalue weighted by Crippen LogP contribution is -2.57. The van der Waals surface area contributed by atoms with Gasteiger partial charge in [-0.1, -0.05) is 18.2 Å². The molecule has 0 radical (unpaired) electrons. The first-order chi connectivity index (χ1) is 15.8. The van der Waals surface area contributed by atoms with Crippen molar-refractivity contribution in [1.82, 2.24) is 14.8 Å². The number of nitrogens with zero attached hydrogens (tertiary/aromatic N) is 3. The Morgan fingerprint density at radius 3 is 2.52 bits per heavy atom. The number of aromatic carboxylic acids is 1. The van der Waals surface area contributed by atoms with E-state index in [1.54, 1.807) is 29.2 Å². The fraction of sp³-hybridized carbons (Fsp3) is 0.348. The molecule has 172 valence electrons. The molecule has 1 aromatic heterocycles. The van der Waals surface area contributed by atoms with Crippen molar-refractivity contribution in [3.63, 3.8) is 0 Å². The number of carboxylic acid groups (broad SMARTS) is 1. The van der Waals surface area contributed by atoms with Gasteiger partial charge in [0, 0.05) is 43.3 Å². The third-order valence-electron chi connectivity index (χ3n) is 6.06. The summed E-state index contributed by atoms with van der Waals surface area (Å²) in [6.45, 7) is 2.68. The fourth-order valence-corrected chi connectivity index (χ4v) is 4.38. The van der Waals surface area contributed by atoms with Gasteiger partial charge in [0.2, 0.25) is 5.78 Å². The molecular formula is C23H24N4O6. The van der Waals surface area contributed by atoms with E-state index in [1.165, 1.54) is 18.2 Å². The highest BCUT2D eigenvalue weighted by Crippen LogP contribution is 2.40. The molecule has 2 atom stereocenters. The molecule has 33 heavy (non-hydrogen) atoms. The second-order valence-corrected chi connectivity index (χ2v) is 8.03. The minimum atomic E-state index is -1.24. The number of piperazine rings is 1. The molecule has 2 amide bonds. The molecule has 10 heteroatoms. The Morgan fingerprint density at radius 1 is 1.15 bits per heavy atom. The Hall–Kier alpha value is -3.95. The van der Waals surface area contributed by atoms with Gasteiger partial charge in [-0.2, -0.15) is 0 Å². The number of anilines is 1. The maximum atomic E-state index is 13.2. The Balaban J connectivity index is 1.50. The van der Waals surface area contributed by atoms with Crippen LogP contribution < -0.4 is 10.1 Å². The van der Waals surface area contributed by atoms with E-state index in [0.29, 0.717) is 17.7 Å². The Labute approximate surface area is 190 Å². The summed E-state index contributed by atoms with van der Waals surface area (Å²) >= 11 is 0. The van der Waals surface area contributed by atoms with Crippen LogP contribution in [0.5, 0.6) is 5.75 Å². The van der Waals surface area contributed by atoms with Gasteiger partial charge in [0.25, 0.3) is 11.8 Å². The zero-order valence-corrected chi connectivity index (χ0v) is 18.3. The number of ketones is 1. The average Bonchev–Trinajstić information content (AvgIpc) is 3.27. The standard InChI is InChI=1S/C23H24N4O6/c1-13-12-26(8-9-27(13)21(29)14-6-4-3-5-7-14)22(30)20(28)15-10-24-18-17(15)16(33-2)11-25-19(18)23(31)32/h3-7,11,13,15,24H,8-10,12H2,1-2H3,(H,31,32). The molecule has 2 aromatic rings. The van der Waals surface area contributed by atoms with Crippen LogP contribution in [0.25, 0.3) is 0 Å². The van der Waals surface area contributed by atoms with Crippen molar-refractivity contribution in [1.29, 1.82) is 0 Å². The molecule has 2 aliphatic heterocycles. The predicted molar refractivity (Wildman–Crippen MR) is 118 cm³/mol.